The molecule has 0 bridgehead atoms. The SMILES string of the molecule is COC(=O)c1ccc(C(C)N2CN=C3CCN(CC#Cc4ccccc4)CC3C2)cc1. The summed E-state index contributed by atoms with van der Waals surface area (Å²) >= 11 is 0. The maximum atomic E-state index is 11.7. The number of nitrogens with zero attached hydrogens (tertiary/aromatic N) is 3. The summed E-state index contributed by atoms with van der Waals surface area (Å²) in [6.07, 6.45) is 1.04. The standard InChI is InChI=1S/C26H29N3O2/c1-20(22-10-12-23(13-11-22)26(30)31-2)29-18-24-17-28(16-14-25(24)27-19-29)15-6-9-21-7-4-3-5-8-21/h3-5,7-8,10-13,20,24H,14-19H2,1-2H3. The Balaban J connectivity index is 1.36. The van der Waals surface area contributed by atoms with Crippen molar-refractivity contribution in [1.29, 1.82) is 0 Å². The number of carbonyl (C=O) groups is 1. The van der Waals surface area contributed by atoms with E-state index in [4.69, 9.17) is 9.73 Å². The Hall–Kier alpha value is -2.94. The Bertz CT molecular complexity index is 989. The molecule has 2 aliphatic heterocycles. The van der Waals surface area contributed by atoms with Crippen LogP contribution in [0.25, 0.3) is 0 Å². The van der Waals surface area contributed by atoms with Gasteiger partial charge in [-0.15, -0.1) is 0 Å². The number of carbonyl (C=O) groups excluding carboxylic acids is 1. The molecule has 5 nitrogen and oxygen atoms in total. The van der Waals surface area contributed by atoms with Crippen molar-refractivity contribution >= 4 is 11.7 Å². The van der Waals surface area contributed by atoms with Gasteiger partial charge in [-0.05, 0) is 43.2 Å². The molecule has 0 amide bonds. The summed E-state index contributed by atoms with van der Waals surface area (Å²) in [4.78, 5) is 21.4. The number of benzene rings is 2. The van der Waals surface area contributed by atoms with E-state index in [0.29, 0.717) is 11.5 Å². The number of rotatable bonds is 4. The summed E-state index contributed by atoms with van der Waals surface area (Å²) < 4.78 is 4.79. The van der Waals surface area contributed by atoms with Gasteiger partial charge in [0.05, 0.1) is 25.9 Å². The normalized spacial score (nSPS) is 20.1. The molecule has 31 heavy (non-hydrogen) atoms. The van der Waals surface area contributed by atoms with Gasteiger partial charge >= 0.3 is 5.97 Å². The van der Waals surface area contributed by atoms with Crippen molar-refractivity contribution in [3.8, 4) is 11.8 Å². The first kappa shape index (κ1) is 21.3. The van der Waals surface area contributed by atoms with Crippen LogP contribution < -0.4 is 0 Å². The minimum Gasteiger partial charge on any atom is -0.465 e. The van der Waals surface area contributed by atoms with E-state index in [-0.39, 0.29) is 12.0 Å². The van der Waals surface area contributed by atoms with Crippen LogP contribution in [0.1, 0.15) is 40.9 Å². The zero-order chi connectivity index (χ0) is 21.6. The van der Waals surface area contributed by atoms with Gasteiger partial charge < -0.3 is 4.74 Å². The first-order valence-corrected chi connectivity index (χ1v) is 10.9. The predicted octanol–water partition coefficient (Wildman–Crippen LogP) is 3.62. The van der Waals surface area contributed by atoms with Crippen LogP contribution in [0.5, 0.6) is 0 Å². The Labute approximate surface area is 184 Å². The number of hydrogen-bond acceptors (Lipinski definition) is 5. The third kappa shape index (κ3) is 5.22. The molecule has 5 heteroatoms. The first-order chi connectivity index (χ1) is 15.1. The summed E-state index contributed by atoms with van der Waals surface area (Å²) in [5.41, 5.74) is 4.19. The average Bonchev–Trinajstić information content (AvgIpc) is 2.83. The van der Waals surface area contributed by atoms with Crippen molar-refractivity contribution in [3.63, 3.8) is 0 Å². The molecule has 0 radical (unpaired) electrons. The maximum absolute atomic E-state index is 11.7. The Morgan fingerprint density at radius 1 is 1.16 bits per heavy atom. The predicted molar refractivity (Wildman–Crippen MR) is 123 cm³/mol. The number of esters is 1. The quantitative estimate of drug-likeness (QED) is 0.565. The van der Waals surface area contributed by atoms with Crippen molar-refractivity contribution in [2.75, 3.05) is 40.0 Å². The van der Waals surface area contributed by atoms with Crippen LogP contribution in [-0.4, -0.2) is 61.4 Å². The highest BCUT2D eigenvalue weighted by Crippen LogP contribution is 2.27. The molecule has 2 atom stereocenters. The molecule has 1 fully saturated rings. The molecule has 2 unspecified atom stereocenters. The van der Waals surface area contributed by atoms with Crippen LogP contribution in [-0.2, 0) is 4.74 Å². The van der Waals surface area contributed by atoms with E-state index in [1.54, 1.807) is 0 Å². The van der Waals surface area contributed by atoms with Gasteiger partial charge in [0, 0.05) is 42.9 Å². The fourth-order valence-corrected chi connectivity index (χ4v) is 4.30. The molecule has 0 aliphatic carbocycles. The molecule has 2 heterocycles. The molecule has 4 rings (SSSR count). The molecular weight excluding hydrogens is 386 g/mol. The van der Waals surface area contributed by atoms with E-state index in [2.05, 4.69) is 28.6 Å². The minimum atomic E-state index is -0.302. The van der Waals surface area contributed by atoms with E-state index in [9.17, 15) is 4.79 Å². The van der Waals surface area contributed by atoms with Crippen LogP contribution in [0.3, 0.4) is 0 Å². The number of aliphatic imine (C=N–C) groups is 1. The third-order valence-corrected chi connectivity index (χ3v) is 6.22. The smallest absolute Gasteiger partial charge is 0.337 e. The molecule has 0 saturated carbocycles. The molecule has 0 N–H and O–H groups in total. The van der Waals surface area contributed by atoms with E-state index >= 15 is 0 Å². The second kappa shape index (κ2) is 9.91. The van der Waals surface area contributed by atoms with Gasteiger partial charge in [0.1, 0.15) is 0 Å². The van der Waals surface area contributed by atoms with Crippen molar-refractivity contribution in [1.82, 2.24) is 9.80 Å². The summed E-state index contributed by atoms with van der Waals surface area (Å²) in [5.74, 6) is 6.75. The number of methoxy groups -OCH3 is 1. The molecular formula is C26H29N3O2. The lowest BCUT2D eigenvalue weighted by atomic mass is 9.92. The van der Waals surface area contributed by atoms with Crippen molar-refractivity contribution < 1.29 is 9.53 Å². The summed E-state index contributed by atoms with van der Waals surface area (Å²) in [7, 11) is 1.41. The van der Waals surface area contributed by atoms with E-state index in [1.807, 2.05) is 54.6 Å². The number of ether oxygens (including phenoxy) is 1. The van der Waals surface area contributed by atoms with Crippen LogP contribution in [0.2, 0.25) is 0 Å². The Morgan fingerprint density at radius 3 is 2.68 bits per heavy atom. The van der Waals surface area contributed by atoms with Crippen molar-refractivity contribution in [3.05, 3.63) is 71.3 Å². The van der Waals surface area contributed by atoms with E-state index in [0.717, 1.165) is 44.8 Å². The molecule has 160 valence electrons. The largest absolute Gasteiger partial charge is 0.465 e. The highest BCUT2D eigenvalue weighted by molar-refractivity contribution is 5.89. The van der Waals surface area contributed by atoms with Crippen LogP contribution in [0.15, 0.2) is 59.6 Å². The Kier molecular flexibility index (Phi) is 6.81. The second-order valence-electron chi connectivity index (χ2n) is 8.20. The molecule has 0 aromatic heterocycles. The van der Waals surface area contributed by atoms with Gasteiger partial charge in [0.25, 0.3) is 0 Å². The molecule has 0 spiro atoms. The number of fused-ring (bicyclic) bond motifs is 1. The summed E-state index contributed by atoms with van der Waals surface area (Å²) in [6.45, 7) is 6.78. The molecule has 2 aromatic rings. The summed E-state index contributed by atoms with van der Waals surface area (Å²) in [6, 6.07) is 18.1. The summed E-state index contributed by atoms with van der Waals surface area (Å²) in [5, 5.41) is 0. The fraction of sp³-hybridized carbons (Fsp3) is 0.385. The lowest BCUT2D eigenvalue weighted by molar-refractivity contribution is 0.0600. The highest BCUT2D eigenvalue weighted by Gasteiger charge is 2.31. The monoisotopic (exact) mass is 415 g/mol. The second-order valence-corrected chi connectivity index (χ2v) is 8.20. The number of hydrogen-bond donors (Lipinski definition) is 0. The zero-order valence-corrected chi connectivity index (χ0v) is 18.3. The van der Waals surface area contributed by atoms with Gasteiger partial charge in [0.15, 0.2) is 0 Å². The van der Waals surface area contributed by atoms with Crippen LogP contribution in [0.4, 0.5) is 0 Å². The maximum Gasteiger partial charge on any atom is 0.337 e. The van der Waals surface area contributed by atoms with Gasteiger partial charge in [-0.3, -0.25) is 14.8 Å². The average molecular weight is 416 g/mol. The molecule has 2 aliphatic rings. The van der Waals surface area contributed by atoms with Gasteiger partial charge in [0.2, 0.25) is 0 Å². The molecule has 2 aromatic carbocycles. The minimum absolute atomic E-state index is 0.241. The zero-order valence-electron chi connectivity index (χ0n) is 18.3. The fourth-order valence-electron chi connectivity index (χ4n) is 4.30. The first-order valence-electron chi connectivity index (χ1n) is 10.9. The number of piperidine rings is 1. The van der Waals surface area contributed by atoms with E-state index < -0.39 is 0 Å². The van der Waals surface area contributed by atoms with Gasteiger partial charge in [-0.1, -0.05) is 42.2 Å². The number of likely N-dealkylation sites (tertiary alicyclic amines) is 1. The van der Waals surface area contributed by atoms with Gasteiger partial charge in [-0.2, -0.15) is 0 Å². The van der Waals surface area contributed by atoms with Crippen LogP contribution >= 0.6 is 0 Å². The van der Waals surface area contributed by atoms with Crippen LogP contribution in [0, 0.1) is 17.8 Å². The lowest BCUT2D eigenvalue weighted by Crippen LogP contribution is -2.49. The topological polar surface area (TPSA) is 45.1 Å². The lowest BCUT2D eigenvalue weighted by Gasteiger charge is -2.41. The van der Waals surface area contributed by atoms with Crippen molar-refractivity contribution in [2.24, 2.45) is 10.9 Å². The Morgan fingerprint density at radius 2 is 1.94 bits per heavy atom. The van der Waals surface area contributed by atoms with E-state index in [1.165, 1.54) is 18.4 Å². The van der Waals surface area contributed by atoms with Gasteiger partial charge in [-0.25, -0.2) is 4.79 Å². The third-order valence-electron chi connectivity index (χ3n) is 6.22. The van der Waals surface area contributed by atoms with Crippen molar-refractivity contribution in [2.45, 2.75) is 19.4 Å². The molecule has 1 saturated heterocycles. The highest BCUT2D eigenvalue weighted by atomic mass is 16.5.